The summed E-state index contributed by atoms with van der Waals surface area (Å²) in [4.78, 5) is 28.6. The van der Waals surface area contributed by atoms with Gasteiger partial charge >= 0.3 is 0 Å². The first-order valence-corrected chi connectivity index (χ1v) is 11.0. The highest BCUT2D eigenvalue weighted by Crippen LogP contribution is 2.21. The van der Waals surface area contributed by atoms with Gasteiger partial charge in [-0.05, 0) is 64.4 Å². The van der Waals surface area contributed by atoms with Crippen LogP contribution >= 0.6 is 11.8 Å². The summed E-state index contributed by atoms with van der Waals surface area (Å²) in [7, 11) is 1.62. The molecule has 0 heterocycles. The molecule has 0 aromatic heterocycles. The van der Waals surface area contributed by atoms with Crippen molar-refractivity contribution in [3.8, 4) is 5.75 Å². The Hall–Kier alpha value is -2.47. The Labute approximate surface area is 184 Å². The van der Waals surface area contributed by atoms with Crippen LogP contribution in [0.15, 0.2) is 53.4 Å². The molecule has 0 fully saturated rings. The van der Waals surface area contributed by atoms with Crippen LogP contribution in [0.1, 0.15) is 38.8 Å². The third-order valence-electron chi connectivity index (χ3n) is 4.56. The number of carbonyl (C=O) groups excluding carboxylic acids is 2. The highest BCUT2D eigenvalue weighted by atomic mass is 32.2. The van der Waals surface area contributed by atoms with Crippen molar-refractivity contribution in [2.45, 2.75) is 57.6 Å². The molecule has 2 rings (SSSR count). The van der Waals surface area contributed by atoms with Gasteiger partial charge in [0.15, 0.2) is 0 Å². The van der Waals surface area contributed by atoms with Crippen molar-refractivity contribution in [1.82, 2.24) is 10.2 Å². The average molecular weight is 429 g/mol. The van der Waals surface area contributed by atoms with E-state index in [0.717, 1.165) is 16.2 Å². The van der Waals surface area contributed by atoms with Crippen LogP contribution in [0.3, 0.4) is 0 Å². The van der Waals surface area contributed by atoms with Crippen molar-refractivity contribution >= 4 is 23.6 Å². The highest BCUT2D eigenvalue weighted by Gasteiger charge is 2.28. The molecule has 6 heteroatoms. The summed E-state index contributed by atoms with van der Waals surface area (Å²) in [6.07, 6.45) is 0. The summed E-state index contributed by atoms with van der Waals surface area (Å²) >= 11 is 1.48. The van der Waals surface area contributed by atoms with E-state index >= 15 is 0 Å². The fourth-order valence-corrected chi connectivity index (χ4v) is 3.63. The monoisotopic (exact) mass is 428 g/mol. The van der Waals surface area contributed by atoms with Crippen molar-refractivity contribution in [1.29, 1.82) is 0 Å². The molecule has 0 spiro atoms. The molecule has 0 aliphatic carbocycles. The van der Waals surface area contributed by atoms with Gasteiger partial charge in [0.25, 0.3) is 0 Å². The number of aryl methyl sites for hydroxylation is 1. The number of benzene rings is 2. The molecule has 0 saturated heterocycles. The maximum absolute atomic E-state index is 13.1. The molecule has 0 unspecified atom stereocenters. The first kappa shape index (κ1) is 23.8. The van der Waals surface area contributed by atoms with E-state index < -0.39 is 6.04 Å². The summed E-state index contributed by atoms with van der Waals surface area (Å²) < 4.78 is 5.21. The Balaban J connectivity index is 2.16. The van der Waals surface area contributed by atoms with E-state index in [1.807, 2.05) is 76.2 Å². The molecule has 30 heavy (non-hydrogen) atoms. The third kappa shape index (κ3) is 7.41. The van der Waals surface area contributed by atoms with Crippen LogP contribution in [-0.2, 0) is 16.1 Å². The quantitative estimate of drug-likeness (QED) is 0.632. The Morgan fingerprint density at radius 1 is 1.07 bits per heavy atom. The maximum Gasteiger partial charge on any atom is 0.242 e. The van der Waals surface area contributed by atoms with Gasteiger partial charge in [-0.3, -0.25) is 9.59 Å². The van der Waals surface area contributed by atoms with Crippen molar-refractivity contribution in [2.75, 3.05) is 12.9 Å². The summed E-state index contributed by atoms with van der Waals surface area (Å²) in [6, 6.07) is 15.0. The van der Waals surface area contributed by atoms with Crippen LogP contribution in [0, 0.1) is 6.92 Å². The lowest BCUT2D eigenvalue weighted by molar-refractivity contribution is -0.139. The summed E-state index contributed by atoms with van der Waals surface area (Å²) in [5.74, 6) is 0.787. The lowest BCUT2D eigenvalue weighted by atomic mass is 10.1. The Morgan fingerprint density at radius 3 is 2.20 bits per heavy atom. The predicted molar refractivity (Wildman–Crippen MR) is 123 cm³/mol. The Morgan fingerprint density at radius 2 is 1.67 bits per heavy atom. The number of carbonyl (C=O) groups is 2. The van der Waals surface area contributed by atoms with Gasteiger partial charge in [-0.25, -0.2) is 0 Å². The van der Waals surface area contributed by atoms with Gasteiger partial charge in [-0.2, -0.15) is 0 Å². The SMILES string of the molecule is COc1ccc(CN(C(=O)CSc2ccc(C)cc2)[C@H](C)C(=O)NC(C)(C)C)cc1. The first-order valence-electron chi connectivity index (χ1n) is 10.0. The van der Waals surface area contributed by atoms with Crippen LogP contribution in [0.5, 0.6) is 5.75 Å². The van der Waals surface area contributed by atoms with Crippen LogP contribution in [0.2, 0.25) is 0 Å². The second-order valence-electron chi connectivity index (χ2n) is 8.39. The van der Waals surface area contributed by atoms with Gasteiger partial charge in [0.05, 0.1) is 12.9 Å². The minimum absolute atomic E-state index is 0.0760. The molecule has 5 nitrogen and oxygen atoms in total. The van der Waals surface area contributed by atoms with Crippen LogP contribution in [0.4, 0.5) is 0 Å². The van der Waals surface area contributed by atoms with Gasteiger partial charge in [0.1, 0.15) is 11.8 Å². The van der Waals surface area contributed by atoms with Gasteiger partial charge in [0.2, 0.25) is 11.8 Å². The van der Waals surface area contributed by atoms with Gasteiger partial charge in [0, 0.05) is 17.0 Å². The summed E-state index contributed by atoms with van der Waals surface area (Å²) in [5.41, 5.74) is 1.76. The van der Waals surface area contributed by atoms with Gasteiger partial charge in [-0.1, -0.05) is 29.8 Å². The molecule has 1 N–H and O–H groups in total. The normalized spacial score (nSPS) is 12.2. The van der Waals surface area contributed by atoms with Crippen molar-refractivity contribution in [3.05, 3.63) is 59.7 Å². The molecule has 0 aliphatic heterocycles. The largest absolute Gasteiger partial charge is 0.497 e. The minimum atomic E-state index is -0.586. The van der Waals surface area contributed by atoms with E-state index in [1.54, 1.807) is 18.9 Å². The van der Waals surface area contributed by atoms with Crippen molar-refractivity contribution < 1.29 is 14.3 Å². The van der Waals surface area contributed by atoms with E-state index in [2.05, 4.69) is 5.32 Å². The van der Waals surface area contributed by atoms with Crippen molar-refractivity contribution in [3.63, 3.8) is 0 Å². The fourth-order valence-electron chi connectivity index (χ4n) is 2.85. The molecule has 1 atom stereocenters. The maximum atomic E-state index is 13.1. The highest BCUT2D eigenvalue weighted by molar-refractivity contribution is 8.00. The van der Waals surface area contributed by atoms with E-state index in [1.165, 1.54) is 17.3 Å². The molecule has 162 valence electrons. The molecular weight excluding hydrogens is 396 g/mol. The van der Waals surface area contributed by atoms with E-state index in [4.69, 9.17) is 4.74 Å². The van der Waals surface area contributed by atoms with Crippen molar-refractivity contribution in [2.24, 2.45) is 0 Å². The Bertz CT molecular complexity index is 842. The number of rotatable bonds is 8. The summed E-state index contributed by atoms with van der Waals surface area (Å²) in [6.45, 7) is 9.96. The topological polar surface area (TPSA) is 58.6 Å². The van der Waals surface area contributed by atoms with E-state index in [-0.39, 0.29) is 23.1 Å². The van der Waals surface area contributed by atoms with Gasteiger partial charge in [-0.15, -0.1) is 11.8 Å². The van der Waals surface area contributed by atoms with Crippen LogP contribution in [0.25, 0.3) is 0 Å². The first-order chi connectivity index (χ1) is 14.1. The standard InChI is InChI=1S/C24H32N2O3S/c1-17-7-13-21(14-8-17)30-16-22(27)26(18(2)23(28)25-24(3,4)5)15-19-9-11-20(29-6)12-10-19/h7-14,18H,15-16H2,1-6H3,(H,25,28)/t18-/m1/s1. The molecule has 2 aromatic carbocycles. The van der Waals surface area contributed by atoms with Crippen LogP contribution in [-0.4, -0.2) is 41.2 Å². The number of methoxy groups -OCH3 is 1. The van der Waals surface area contributed by atoms with Gasteiger partial charge < -0.3 is 15.0 Å². The number of hydrogen-bond donors (Lipinski definition) is 1. The average Bonchev–Trinajstić information content (AvgIpc) is 2.70. The molecule has 0 bridgehead atoms. The zero-order chi connectivity index (χ0) is 22.3. The second-order valence-corrected chi connectivity index (χ2v) is 9.44. The summed E-state index contributed by atoms with van der Waals surface area (Å²) in [5, 5.41) is 2.98. The van der Waals surface area contributed by atoms with E-state index in [9.17, 15) is 9.59 Å². The number of amides is 2. The lowest BCUT2D eigenvalue weighted by Crippen LogP contribution is -2.52. The molecule has 2 aromatic rings. The zero-order valence-corrected chi connectivity index (χ0v) is 19.5. The lowest BCUT2D eigenvalue weighted by Gasteiger charge is -2.31. The molecule has 0 radical (unpaired) electrons. The fraction of sp³-hybridized carbons (Fsp3) is 0.417. The molecular formula is C24H32N2O3S. The molecule has 2 amide bonds. The number of hydrogen-bond acceptors (Lipinski definition) is 4. The van der Waals surface area contributed by atoms with E-state index in [0.29, 0.717) is 6.54 Å². The number of nitrogens with zero attached hydrogens (tertiary/aromatic N) is 1. The smallest absolute Gasteiger partial charge is 0.242 e. The molecule has 0 saturated carbocycles. The predicted octanol–water partition coefficient (Wildman–Crippen LogP) is 4.43. The second kappa shape index (κ2) is 10.5. The van der Waals surface area contributed by atoms with Crippen LogP contribution < -0.4 is 10.1 Å². The zero-order valence-electron chi connectivity index (χ0n) is 18.7. The molecule has 0 aliphatic rings. The minimum Gasteiger partial charge on any atom is -0.497 e. The number of nitrogens with one attached hydrogen (secondary N) is 1. The Kier molecular flexibility index (Phi) is 8.35. The third-order valence-corrected chi connectivity index (χ3v) is 5.56. The number of ether oxygens (including phenoxy) is 1. The number of thioether (sulfide) groups is 1.